The van der Waals surface area contributed by atoms with E-state index in [9.17, 15) is 0 Å². The summed E-state index contributed by atoms with van der Waals surface area (Å²) in [5.74, 6) is 1.81. The minimum absolute atomic E-state index is 0.601. The van der Waals surface area contributed by atoms with Gasteiger partial charge in [0.05, 0.1) is 6.20 Å². The fourth-order valence-corrected chi connectivity index (χ4v) is 4.55. The molecule has 23 heavy (non-hydrogen) atoms. The van der Waals surface area contributed by atoms with Crippen molar-refractivity contribution < 1.29 is 0 Å². The third-order valence-corrected chi connectivity index (χ3v) is 5.59. The topological polar surface area (TPSA) is 20.5 Å². The van der Waals surface area contributed by atoms with Crippen LogP contribution in [0.15, 0.2) is 54.9 Å². The molecule has 0 saturated carbocycles. The van der Waals surface area contributed by atoms with E-state index in [0.717, 1.165) is 18.0 Å². The maximum absolute atomic E-state index is 4.87. The summed E-state index contributed by atoms with van der Waals surface area (Å²) in [6, 6.07) is 15.8. The van der Waals surface area contributed by atoms with Gasteiger partial charge in [0, 0.05) is 24.7 Å². The van der Waals surface area contributed by atoms with Gasteiger partial charge >= 0.3 is 0 Å². The molecule has 3 heterocycles. The number of piperidine rings is 1. The molecule has 5 rings (SSSR count). The molecule has 0 spiro atoms. The largest absolute Gasteiger partial charge is 0.352 e. The van der Waals surface area contributed by atoms with E-state index in [2.05, 4.69) is 64.2 Å². The molecule has 3 heteroatoms. The monoisotopic (exact) mass is 303 g/mol. The number of hydrogen-bond acceptors (Lipinski definition) is 2. The Bertz CT molecular complexity index is 818. The van der Waals surface area contributed by atoms with E-state index in [-0.39, 0.29) is 0 Å². The standard InChI is InChI=1S/C20H21N3/c1-2-7-16-15(6-1)10-11-18-17(16)8-5-13-23(18)20-14-22-12-4-3-9-19(22)21-20/h1-4,6-7,9,12,14,17-18H,5,8,10-11,13H2/t17-,18+/m0/s1. The Morgan fingerprint density at radius 1 is 1.00 bits per heavy atom. The third kappa shape index (κ3) is 2.07. The van der Waals surface area contributed by atoms with Crippen LogP contribution in [0.4, 0.5) is 5.82 Å². The fraction of sp³-hybridized carbons (Fsp3) is 0.350. The molecule has 3 nitrogen and oxygen atoms in total. The van der Waals surface area contributed by atoms with Gasteiger partial charge in [0.1, 0.15) is 11.5 Å². The SMILES string of the molecule is c1ccc2c(c1)CC[C@@H]1[C@H]2CCCN1c1cn2ccccc2n1. The van der Waals surface area contributed by atoms with Gasteiger partial charge in [0.15, 0.2) is 0 Å². The molecule has 116 valence electrons. The first-order valence-electron chi connectivity index (χ1n) is 8.68. The number of rotatable bonds is 1. The van der Waals surface area contributed by atoms with Gasteiger partial charge < -0.3 is 9.30 Å². The van der Waals surface area contributed by atoms with Crippen molar-refractivity contribution >= 4 is 11.5 Å². The lowest BCUT2D eigenvalue weighted by atomic mass is 9.74. The lowest BCUT2D eigenvalue weighted by Crippen LogP contribution is -2.46. The zero-order chi connectivity index (χ0) is 15.2. The molecule has 2 atom stereocenters. The van der Waals surface area contributed by atoms with Crippen molar-refractivity contribution in [1.29, 1.82) is 0 Å². The number of nitrogens with zero attached hydrogens (tertiary/aromatic N) is 3. The van der Waals surface area contributed by atoms with Crippen molar-refractivity contribution in [3.63, 3.8) is 0 Å². The second-order valence-electron chi connectivity index (χ2n) is 6.81. The van der Waals surface area contributed by atoms with Gasteiger partial charge in [0.25, 0.3) is 0 Å². The molecule has 2 aromatic heterocycles. The average molecular weight is 303 g/mol. The van der Waals surface area contributed by atoms with E-state index < -0.39 is 0 Å². The summed E-state index contributed by atoms with van der Waals surface area (Å²) < 4.78 is 2.13. The first kappa shape index (κ1) is 13.2. The van der Waals surface area contributed by atoms with E-state index in [4.69, 9.17) is 4.98 Å². The van der Waals surface area contributed by atoms with E-state index in [1.165, 1.54) is 25.7 Å². The van der Waals surface area contributed by atoms with E-state index in [1.54, 1.807) is 11.1 Å². The molecule has 0 radical (unpaired) electrons. The normalized spacial score (nSPS) is 23.6. The molecule has 0 N–H and O–H groups in total. The van der Waals surface area contributed by atoms with Crippen LogP contribution in [0.2, 0.25) is 0 Å². The molecule has 0 amide bonds. The molecule has 2 aliphatic rings. The Labute approximate surface area is 136 Å². The Hall–Kier alpha value is -2.29. The summed E-state index contributed by atoms with van der Waals surface area (Å²) in [6.07, 6.45) is 9.29. The highest BCUT2D eigenvalue weighted by Gasteiger charge is 2.36. The van der Waals surface area contributed by atoms with Crippen LogP contribution >= 0.6 is 0 Å². The van der Waals surface area contributed by atoms with Crippen molar-refractivity contribution in [3.05, 3.63) is 66.0 Å². The van der Waals surface area contributed by atoms with Crippen LogP contribution in [0, 0.1) is 0 Å². The number of benzene rings is 1. The average Bonchev–Trinajstić information content (AvgIpc) is 3.05. The molecule has 0 bridgehead atoms. The quantitative estimate of drug-likeness (QED) is 0.676. The Morgan fingerprint density at radius 2 is 1.91 bits per heavy atom. The first-order valence-corrected chi connectivity index (χ1v) is 8.68. The predicted octanol–water partition coefficient (Wildman–Crippen LogP) is 4.03. The second kappa shape index (κ2) is 5.12. The molecule has 1 saturated heterocycles. The van der Waals surface area contributed by atoms with E-state index in [1.807, 2.05) is 0 Å². The van der Waals surface area contributed by atoms with Gasteiger partial charge in [-0.3, -0.25) is 0 Å². The highest BCUT2D eigenvalue weighted by atomic mass is 15.3. The lowest BCUT2D eigenvalue weighted by Gasteiger charge is -2.45. The number of fused-ring (bicyclic) bond motifs is 4. The molecular formula is C20H21N3. The summed E-state index contributed by atoms with van der Waals surface area (Å²) in [4.78, 5) is 7.44. The summed E-state index contributed by atoms with van der Waals surface area (Å²) in [6.45, 7) is 1.13. The number of aryl methyl sites for hydroxylation is 1. The van der Waals surface area contributed by atoms with Crippen molar-refractivity contribution in [3.8, 4) is 0 Å². The minimum atomic E-state index is 0.601. The Kier molecular flexibility index (Phi) is 2.93. The molecule has 1 aliphatic heterocycles. The van der Waals surface area contributed by atoms with Crippen LogP contribution in [-0.4, -0.2) is 22.0 Å². The summed E-state index contributed by atoms with van der Waals surface area (Å²) in [7, 11) is 0. The summed E-state index contributed by atoms with van der Waals surface area (Å²) in [5, 5.41) is 0. The molecule has 3 aromatic rings. The minimum Gasteiger partial charge on any atom is -0.352 e. The first-order chi connectivity index (χ1) is 11.4. The third-order valence-electron chi connectivity index (χ3n) is 5.59. The van der Waals surface area contributed by atoms with Crippen molar-refractivity contribution in [1.82, 2.24) is 9.38 Å². The van der Waals surface area contributed by atoms with E-state index in [0.29, 0.717) is 12.0 Å². The molecule has 1 aliphatic carbocycles. The molecule has 0 unspecified atom stereocenters. The van der Waals surface area contributed by atoms with E-state index >= 15 is 0 Å². The highest BCUT2D eigenvalue weighted by Crippen LogP contribution is 2.41. The van der Waals surface area contributed by atoms with Crippen molar-refractivity contribution in [2.24, 2.45) is 0 Å². The van der Waals surface area contributed by atoms with Crippen LogP contribution in [0.5, 0.6) is 0 Å². The zero-order valence-corrected chi connectivity index (χ0v) is 13.2. The summed E-state index contributed by atoms with van der Waals surface area (Å²) >= 11 is 0. The number of aromatic nitrogens is 2. The van der Waals surface area contributed by atoms with Crippen molar-refractivity contribution in [2.45, 2.75) is 37.6 Å². The van der Waals surface area contributed by atoms with Gasteiger partial charge in [0.2, 0.25) is 0 Å². The number of hydrogen-bond donors (Lipinski definition) is 0. The van der Waals surface area contributed by atoms with Crippen LogP contribution in [0.1, 0.15) is 36.3 Å². The maximum Gasteiger partial charge on any atom is 0.148 e. The van der Waals surface area contributed by atoms with Crippen molar-refractivity contribution in [2.75, 3.05) is 11.4 Å². The number of imidazole rings is 1. The Morgan fingerprint density at radius 3 is 2.87 bits per heavy atom. The van der Waals surface area contributed by atoms with Gasteiger partial charge in [-0.2, -0.15) is 0 Å². The Balaban J connectivity index is 1.54. The maximum atomic E-state index is 4.87. The predicted molar refractivity (Wildman–Crippen MR) is 93.1 cm³/mol. The van der Waals surface area contributed by atoms with Crippen LogP contribution in [0.25, 0.3) is 5.65 Å². The number of pyridine rings is 1. The number of anilines is 1. The smallest absolute Gasteiger partial charge is 0.148 e. The second-order valence-corrected chi connectivity index (χ2v) is 6.81. The molecule has 1 aromatic carbocycles. The fourth-order valence-electron chi connectivity index (χ4n) is 4.55. The molecule has 1 fully saturated rings. The summed E-state index contributed by atoms with van der Waals surface area (Å²) in [5.41, 5.74) is 4.18. The van der Waals surface area contributed by atoms with Crippen LogP contribution < -0.4 is 4.90 Å². The van der Waals surface area contributed by atoms with Gasteiger partial charge in [-0.05, 0) is 48.9 Å². The zero-order valence-electron chi connectivity index (χ0n) is 13.2. The molecular weight excluding hydrogens is 282 g/mol. The van der Waals surface area contributed by atoms with Gasteiger partial charge in [-0.15, -0.1) is 0 Å². The lowest BCUT2D eigenvalue weighted by molar-refractivity contribution is 0.364. The van der Waals surface area contributed by atoms with Crippen LogP contribution in [0.3, 0.4) is 0 Å². The highest BCUT2D eigenvalue weighted by molar-refractivity contribution is 5.52. The van der Waals surface area contributed by atoms with Gasteiger partial charge in [-0.25, -0.2) is 4.98 Å². The van der Waals surface area contributed by atoms with Gasteiger partial charge in [-0.1, -0.05) is 30.3 Å². The van der Waals surface area contributed by atoms with Crippen LogP contribution in [-0.2, 0) is 6.42 Å².